The number of hydrogen-bond donors (Lipinski definition) is 2. The molecule has 3 N–H and O–H groups in total. The van der Waals surface area contributed by atoms with Gasteiger partial charge < -0.3 is 25.0 Å². The van der Waals surface area contributed by atoms with E-state index in [-0.39, 0.29) is 29.0 Å². The molecular formula is C33H45FN2O4Si. The van der Waals surface area contributed by atoms with E-state index in [1.807, 2.05) is 48.5 Å². The number of rotatable bonds is 13. The number of nitrogens with one attached hydrogen (secondary N) is 1. The second-order valence-electron chi connectivity index (χ2n) is 11.9. The van der Waals surface area contributed by atoms with E-state index in [1.54, 1.807) is 19.2 Å². The summed E-state index contributed by atoms with van der Waals surface area (Å²) in [4.78, 5) is 13.4. The number of esters is 1. The average Bonchev–Trinajstić information content (AvgIpc) is 2.96. The van der Waals surface area contributed by atoms with Gasteiger partial charge in [0.25, 0.3) is 0 Å². The number of nitrogens with two attached hydrogens (primary N) is 1. The summed E-state index contributed by atoms with van der Waals surface area (Å²) in [6.07, 6.45) is 0.732. The molecule has 0 bridgehead atoms. The van der Waals surface area contributed by atoms with E-state index in [4.69, 9.17) is 19.6 Å². The molecule has 0 saturated carbocycles. The van der Waals surface area contributed by atoms with Crippen molar-refractivity contribution in [2.75, 3.05) is 19.5 Å². The van der Waals surface area contributed by atoms with Crippen LogP contribution >= 0.6 is 0 Å². The van der Waals surface area contributed by atoms with Gasteiger partial charge in [0.2, 0.25) is 0 Å². The van der Waals surface area contributed by atoms with Crippen LogP contribution in [0.2, 0.25) is 18.1 Å². The zero-order chi connectivity index (χ0) is 30.2. The molecule has 0 aliphatic heterocycles. The fourth-order valence-electron chi connectivity index (χ4n) is 4.55. The molecule has 3 aromatic carbocycles. The van der Waals surface area contributed by atoms with Crippen molar-refractivity contribution in [1.82, 2.24) is 0 Å². The molecule has 3 aromatic rings. The monoisotopic (exact) mass is 580 g/mol. The Bertz CT molecular complexity index is 1240. The lowest BCUT2D eigenvalue weighted by molar-refractivity contribution is -0.146. The molecule has 0 saturated heterocycles. The van der Waals surface area contributed by atoms with E-state index in [2.05, 4.69) is 39.2 Å². The van der Waals surface area contributed by atoms with Gasteiger partial charge >= 0.3 is 5.97 Å². The smallest absolute Gasteiger partial charge is 0.311 e. The maximum absolute atomic E-state index is 13.8. The molecule has 0 fully saturated rings. The second-order valence-corrected chi connectivity index (χ2v) is 16.7. The molecule has 0 aromatic heterocycles. The topological polar surface area (TPSA) is 82.8 Å². The Labute approximate surface area is 245 Å². The van der Waals surface area contributed by atoms with E-state index in [0.29, 0.717) is 19.4 Å². The van der Waals surface area contributed by atoms with Crippen LogP contribution in [-0.4, -0.2) is 28.5 Å². The molecule has 0 aliphatic rings. The Kier molecular flexibility index (Phi) is 11.1. The highest BCUT2D eigenvalue weighted by molar-refractivity contribution is 6.74. The van der Waals surface area contributed by atoms with Crippen molar-refractivity contribution in [3.05, 3.63) is 95.3 Å². The highest BCUT2D eigenvalue weighted by Crippen LogP contribution is 2.42. The molecule has 0 spiro atoms. The number of anilines is 1. The van der Waals surface area contributed by atoms with E-state index in [9.17, 15) is 9.18 Å². The van der Waals surface area contributed by atoms with Crippen molar-refractivity contribution >= 4 is 20.0 Å². The molecule has 6 nitrogen and oxygen atoms in total. The van der Waals surface area contributed by atoms with E-state index in [1.165, 1.54) is 19.2 Å². The van der Waals surface area contributed by atoms with Crippen molar-refractivity contribution in [3.63, 3.8) is 0 Å². The summed E-state index contributed by atoms with van der Waals surface area (Å²) in [5.74, 6) is -0.416. The summed E-state index contributed by atoms with van der Waals surface area (Å²) in [6, 6.07) is 21.7. The lowest BCUT2D eigenvalue weighted by atomic mass is 9.87. The van der Waals surface area contributed by atoms with Crippen molar-refractivity contribution in [2.24, 2.45) is 11.7 Å². The number of carbonyl (C=O) groups is 1. The highest BCUT2D eigenvalue weighted by atomic mass is 28.4. The molecule has 0 heterocycles. The van der Waals surface area contributed by atoms with Crippen molar-refractivity contribution in [2.45, 2.75) is 70.4 Å². The third-order valence-electron chi connectivity index (χ3n) is 8.12. The van der Waals surface area contributed by atoms with Gasteiger partial charge in [0.1, 0.15) is 11.6 Å². The van der Waals surface area contributed by atoms with Crippen LogP contribution in [0.5, 0.6) is 5.75 Å². The van der Waals surface area contributed by atoms with Gasteiger partial charge in [0, 0.05) is 12.2 Å². The molecule has 3 rings (SSSR count). The Morgan fingerprint density at radius 3 is 2.00 bits per heavy atom. The Morgan fingerprint density at radius 1 is 0.902 bits per heavy atom. The van der Waals surface area contributed by atoms with Crippen LogP contribution in [0.4, 0.5) is 10.1 Å². The first kappa shape index (κ1) is 32.3. The van der Waals surface area contributed by atoms with Crippen molar-refractivity contribution in [3.8, 4) is 5.75 Å². The van der Waals surface area contributed by atoms with E-state index in [0.717, 1.165) is 28.1 Å². The summed E-state index contributed by atoms with van der Waals surface area (Å²) in [6.45, 7) is 11.4. The minimum atomic E-state index is -2.19. The molecule has 8 heteroatoms. The zero-order valence-corrected chi connectivity index (χ0v) is 26.4. The molecule has 0 amide bonds. The lowest BCUT2D eigenvalue weighted by Crippen LogP contribution is -2.42. The number of benzene rings is 3. The molecule has 3 atom stereocenters. The number of carbonyl (C=O) groups excluding carboxylic acids is 1. The van der Waals surface area contributed by atoms with Crippen LogP contribution in [0.15, 0.2) is 72.8 Å². The van der Waals surface area contributed by atoms with Crippen molar-refractivity contribution < 1.29 is 23.1 Å². The summed E-state index contributed by atoms with van der Waals surface area (Å²) in [5.41, 5.74) is 9.50. The van der Waals surface area contributed by atoms with Crippen LogP contribution < -0.4 is 15.8 Å². The molecule has 0 aliphatic carbocycles. The minimum Gasteiger partial charge on any atom is -0.497 e. The van der Waals surface area contributed by atoms with E-state index < -0.39 is 14.2 Å². The second kappa shape index (κ2) is 14.1. The minimum absolute atomic E-state index is 0.0179. The van der Waals surface area contributed by atoms with Crippen LogP contribution in [0.3, 0.4) is 0 Å². The van der Waals surface area contributed by atoms with Crippen LogP contribution in [0.25, 0.3) is 0 Å². The first-order chi connectivity index (χ1) is 19.4. The van der Waals surface area contributed by atoms with Crippen molar-refractivity contribution in [1.29, 1.82) is 0 Å². The maximum atomic E-state index is 13.8. The van der Waals surface area contributed by atoms with Crippen LogP contribution in [-0.2, 0) is 20.5 Å². The number of halogens is 1. The first-order valence-corrected chi connectivity index (χ1v) is 17.0. The number of hydrogen-bond acceptors (Lipinski definition) is 6. The fourth-order valence-corrected chi connectivity index (χ4v) is 5.87. The molecule has 0 unspecified atom stereocenters. The first-order valence-electron chi connectivity index (χ1n) is 14.1. The SMILES string of the molecule is COC(=O)[C@H](CC[C@H](O[Si](C)(C)C(C)(C)C)c1ccc(F)cc1)[C@H](Nc1ccc(CN)cc1)c1ccc(OC)cc1. The summed E-state index contributed by atoms with van der Waals surface area (Å²) < 4.78 is 31.4. The van der Waals surface area contributed by atoms with Crippen LogP contribution in [0.1, 0.15) is 62.4 Å². The summed E-state index contributed by atoms with van der Waals surface area (Å²) >= 11 is 0. The van der Waals surface area contributed by atoms with Gasteiger partial charge in [-0.25, -0.2) is 4.39 Å². The predicted molar refractivity (Wildman–Crippen MR) is 166 cm³/mol. The summed E-state index contributed by atoms with van der Waals surface area (Å²) in [5, 5.41) is 3.56. The number of methoxy groups -OCH3 is 2. The maximum Gasteiger partial charge on any atom is 0.311 e. The van der Waals surface area contributed by atoms with Gasteiger partial charge in [-0.2, -0.15) is 0 Å². The molecule has 0 radical (unpaired) electrons. The van der Waals surface area contributed by atoms with Gasteiger partial charge in [-0.15, -0.1) is 0 Å². The Hall–Kier alpha value is -3.20. The van der Waals surface area contributed by atoms with Gasteiger partial charge in [-0.1, -0.05) is 57.2 Å². The van der Waals surface area contributed by atoms with E-state index >= 15 is 0 Å². The quantitative estimate of drug-likeness (QED) is 0.159. The van der Waals surface area contributed by atoms with Crippen LogP contribution in [0, 0.1) is 11.7 Å². The van der Waals surface area contributed by atoms with Gasteiger partial charge in [0.15, 0.2) is 8.32 Å². The van der Waals surface area contributed by atoms with Gasteiger partial charge in [-0.3, -0.25) is 4.79 Å². The highest BCUT2D eigenvalue weighted by Gasteiger charge is 2.40. The Balaban J connectivity index is 1.98. The number of ether oxygens (including phenoxy) is 2. The largest absolute Gasteiger partial charge is 0.497 e. The predicted octanol–water partition coefficient (Wildman–Crippen LogP) is 7.78. The van der Waals surface area contributed by atoms with Gasteiger partial charge in [0.05, 0.1) is 32.3 Å². The summed E-state index contributed by atoms with van der Waals surface area (Å²) in [7, 11) is 0.847. The normalized spacial score (nSPS) is 14.2. The Morgan fingerprint density at radius 2 is 1.49 bits per heavy atom. The third-order valence-corrected chi connectivity index (χ3v) is 12.6. The average molecular weight is 581 g/mol. The molecular weight excluding hydrogens is 535 g/mol. The zero-order valence-electron chi connectivity index (χ0n) is 25.4. The lowest BCUT2D eigenvalue weighted by Gasteiger charge is -2.40. The molecule has 41 heavy (non-hydrogen) atoms. The third kappa shape index (κ3) is 8.64. The standard InChI is InChI=1S/C33H45FN2O4Si/c1-33(2,3)41(6,7)40-30(24-10-14-26(34)15-11-24)21-20-29(32(37)39-5)31(25-12-18-28(38-4)19-13-25)36-27-16-8-23(22-35)9-17-27/h8-19,29-31,36H,20-22,35H2,1-7H3/t29-,30+,31-/m1/s1. The fraction of sp³-hybridized carbons (Fsp3) is 0.424. The molecule has 222 valence electrons. The van der Waals surface area contributed by atoms with Gasteiger partial charge in [-0.05, 0) is 84.1 Å².